The van der Waals surface area contributed by atoms with Gasteiger partial charge in [-0.25, -0.2) is 0 Å². The minimum atomic E-state index is -0.470. The third-order valence-corrected chi connectivity index (χ3v) is 2.45. The van der Waals surface area contributed by atoms with Crippen LogP contribution in [-0.4, -0.2) is 6.67 Å². The lowest BCUT2D eigenvalue weighted by Gasteiger charge is -2.13. The van der Waals surface area contributed by atoms with E-state index in [1.165, 1.54) is 0 Å². The van der Waals surface area contributed by atoms with Crippen molar-refractivity contribution in [3.63, 3.8) is 0 Å². The summed E-state index contributed by atoms with van der Waals surface area (Å²) in [5.74, 6) is 0. The zero-order valence-electron chi connectivity index (χ0n) is 6.93. The lowest BCUT2D eigenvalue weighted by Crippen LogP contribution is -2.12. The van der Waals surface area contributed by atoms with Gasteiger partial charge in [-0.2, -0.15) is 0 Å². The molecule has 4 heteroatoms. The highest BCUT2D eigenvalue weighted by Crippen LogP contribution is 2.30. The van der Waals surface area contributed by atoms with Gasteiger partial charge in [0.1, 0.15) is 0 Å². The molecule has 0 spiro atoms. The van der Waals surface area contributed by atoms with E-state index in [1.807, 2.05) is 0 Å². The normalized spacial score (nSPS) is 12.9. The molecule has 1 atom stereocenters. The van der Waals surface area contributed by atoms with Gasteiger partial charge in [-0.1, -0.05) is 29.3 Å². The molecule has 0 fully saturated rings. The van der Waals surface area contributed by atoms with E-state index in [0.29, 0.717) is 15.6 Å². The van der Waals surface area contributed by atoms with Crippen LogP contribution in [0.3, 0.4) is 0 Å². The summed E-state index contributed by atoms with van der Waals surface area (Å²) in [4.78, 5) is 0. The molecule has 1 rings (SSSR count). The molecule has 0 saturated carbocycles. The molecule has 0 aliphatic heterocycles. The molecule has 13 heavy (non-hydrogen) atoms. The summed E-state index contributed by atoms with van der Waals surface area (Å²) in [5.41, 5.74) is 6.33. The monoisotopic (exact) mass is 221 g/mol. The number of nitrogens with two attached hydrogens (primary N) is 1. The smallest absolute Gasteiger partial charge is 0.0912 e. The van der Waals surface area contributed by atoms with Gasteiger partial charge in [0, 0.05) is 21.7 Å². The second-order valence-corrected chi connectivity index (χ2v) is 3.53. The number of halogens is 3. The lowest BCUT2D eigenvalue weighted by molar-refractivity contribution is 0.442. The molecule has 0 heterocycles. The molecule has 0 aromatic heterocycles. The maximum absolute atomic E-state index is 12.0. The van der Waals surface area contributed by atoms with Gasteiger partial charge in [-0.05, 0) is 18.6 Å². The van der Waals surface area contributed by atoms with Gasteiger partial charge in [0.2, 0.25) is 0 Å². The van der Waals surface area contributed by atoms with Crippen molar-refractivity contribution in [2.75, 3.05) is 6.67 Å². The quantitative estimate of drug-likeness (QED) is 0.833. The fourth-order valence-corrected chi connectivity index (χ4v) is 1.80. The van der Waals surface area contributed by atoms with E-state index in [4.69, 9.17) is 28.9 Å². The zero-order valence-corrected chi connectivity index (χ0v) is 8.45. The second-order valence-electron chi connectivity index (χ2n) is 2.72. The van der Waals surface area contributed by atoms with Crippen LogP contribution in [0, 0.1) is 0 Å². The third kappa shape index (κ3) is 2.56. The van der Waals surface area contributed by atoms with Crippen LogP contribution in [0.25, 0.3) is 0 Å². The number of rotatable bonds is 3. The predicted molar refractivity (Wildman–Crippen MR) is 54.0 cm³/mol. The zero-order chi connectivity index (χ0) is 9.84. The first-order valence-electron chi connectivity index (χ1n) is 3.92. The first-order chi connectivity index (χ1) is 6.16. The van der Waals surface area contributed by atoms with Crippen LogP contribution in [0.4, 0.5) is 4.39 Å². The Bertz CT molecular complexity index is 271. The summed E-state index contributed by atoms with van der Waals surface area (Å²) in [7, 11) is 0. The number of benzene rings is 1. The van der Waals surface area contributed by atoms with E-state index in [-0.39, 0.29) is 6.42 Å². The van der Waals surface area contributed by atoms with Gasteiger partial charge in [-0.15, -0.1) is 0 Å². The van der Waals surface area contributed by atoms with Crippen LogP contribution in [0.2, 0.25) is 10.0 Å². The Labute approximate surface area is 86.6 Å². The Kier molecular flexibility index (Phi) is 3.97. The van der Waals surface area contributed by atoms with Crippen LogP contribution >= 0.6 is 23.2 Å². The van der Waals surface area contributed by atoms with Gasteiger partial charge in [-0.3, -0.25) is 4.39 Å². The van der Waals surface area contributed by atoms with Gasteiger partial charge in [0.25, 0.3) is 0 Å². The molecule has 1 nitrogen and oxygen atoms in total. The van der Waals surface area contributed by atoms with E-state index in [2.05, 4.69) is 0 Å². The van der Waals surface area contributed by atoms with Crippen molar-refractivity contribution in [3.8, 4) is 0 Å². The maximum atomic E-state index is 12.0. The van der Waals surface area contributed by atoms with Crippen molar-refractivity contribution in [3.05, 3.63) is 33.8 Å². The molecular formula is C9H10Cl2FN. The summed E-state index contributed by atoms with van der Waals surface area (Å²) < 4.78 is 12.0. The first-order valence-corrected chi connectivity index (χ1v) is 4.68. The van der Waals surface area contributed by atoms with E-state index in [0.717, 1.165) is 0 Å². The molecule has 0 aliphatic rings. The molecule has 0 unspecified atom stereocenters. The fraction of sp³-hybridized carbons (Fsp3) is 0.333. The minimum Gasteiger partial charge on any atom is -0.324 e. The highest BCUT2D eigenvalue weighted by molar-refractivity contribution is 6.36. The SMILES string of the molecule is N[C@@H](CCF)c1c(Cl)cccc1Cl. The topological polar surface area (TPSA) is 26.0 Å². The summed E-state index contributed by atoms with van der Waals surface area (Å²) in [5, 5.41) is 0.988. The fourth-order valence-electron chi connectivity index (χ4n) is 1.13. The molecule has 1 aromatic rings. The Morgan fingerprint density at radius 3 is 2.31 bits per heavy atom. The maximum Gasteiger partial charge on any atom is 0.0912 e. The average molecular weight is 222 g/mol. The molecule has 0 bridgehead atoms. The molecule has 0 amide bonds. The van der Waals surface area contributed by atoms with Crippen molar-refractivity contribution in [1.82, 2.24) is 0 Å². The molecule has 0 radical (unpaired) electrons. The Morgan fingerprint density at radius 1 is 1.31 bits per heavy atom. The van der Waals surface area contributed by atoms with Crippen molar-refractivity contribution < 1.29 is 4.39 Å². The molecule has 72 valence electrons. The Hall–Kier alpha value is -0.310. The molecule has 1 aromatic carbocycles. The van der Waals surface area contributed by atoms with Crippen LogP contribution in [0.1, 0.15) is 18.0 Å². The lowest BCUT2D eigenvalue weighted by atomic mass is 10.1. The van der Waals surface area contributed by atoms with Crippen LogP contribution < -0.4 is 5.73 Å². The van der Waals surface area contributed by atoms with Crippen molar-refractivity contribution >= 4 is 23.2 Å². The van der Waals surface area contributed by atoms with Gasteiger partial charge < -0.3 is 5.73 Å². The van der Waals surface area contributed by atoms with Crippen LogP contribution in [0.15, 0.2) is 18.2 Å². The van der Waals surface area contributed by atoms with E-state index in [1.54, 1.807) is 18.2 Å². The van der Waals surface area contributed by atoms with E-state index in [9.17, 15) is 4.39 Å². The molecule has 0 saturated heterocycles. The number of hydrogen-bond donors (Lipinski definition) is 1. The summed E-state index contributed by atoms with van der Waals surface area (Å²) in [6.45, 7) is -0.470. The highest BCUT2D eigenvalue weighted by Gasteiger charge is 2.13. The van der Waals surface area contributed by atoms with E-state index < -0.39 is 12.7 Å². The second kappa shape index (κ2) is 4.80. The summed E-state index contributed by atoms with van der Waals surface area (Å²) in [6.07, 6.45) is 0.240. The average Bonchev–Trinajstić information content (AvgIpc) is 2.04. The number of hydrogen-bond acceptors (Lipinski definition) is 1. The molecular weight excluding hydrogens is 212 g/mol. The van der Waals surface area contributed by atoms with Gasteiger partial charge >= 0.3 is 0 Å². The molecule has 0 aliphatic carbocycles. The van der Waals surface area contributed by atoms with Gasteiger partial charge in [0.05, 0.1) is 6.67 Å². The summed E-state index contributed by atoms with van der Waals surface area (Å²) in [6, 6.07) is 4.70. The third-order valence-electron chi connectivity index (χ3n) is 1.79. The summed E-state index contributed by atoms with van der Waals surface area (Å²) >= 11 is 11.7. The molecule has 2 N–H and O–H groups in total. The highest BCUT2D eigenvalue weighted by atomic mass is 35.5. The van der Waals surface area contributed by atoms with Crippen molar-refractivity contribution in [1.29, 1.82) is 0 Å². The predicted octanol–water partition coefficient (Wildman–Crippen LogP) is 3.35. The van der Waals surface area contributed by atoms with Gasteiger partial charge in [0.15, 0.2) is 0 Å². The Morgan fingerprint density at radius 2 is 1.85 bits per heavy atom. The minimum absolute atomic E-state index is 0.240. The van der Waals surface area contributed by atoms with Crippen LogP contribution in [-0.2, 0) is 0 Å². The largest absolute Gasteiger partial charge is 0.324 e. The Balaban J connectivity index is 2.98. The van der Waals surface area contributed by atoms with E-state index >= 15 is 0 Å². The first kappa shape index (κ1) is 10.8. The van der Waals surface area contributed by atoms with Crippen LogP contribution in [0.5, 0.6) is 0 Å². The number of alkyl halides is 1. The standard InChI is InChI=1S/C9H10Cl2FN/c10-6-2-1-3-7(11)9(6)8(13)4-5-12/h1-3,8H,4-5,13H2/t8-/m0/s1. The van der Waals surface area contributed by atoms with Crippen molar-refractivity contribution in [2.45, 2.75) is 12.5 Å². The van der Waals surface area contributed by atoms with Crippen molar-refractivity contribution in [2.24, 2.45) is 5.73 Å².